The number of ether oxygens (including phenoxy) is 1. The Bertz CT molecular complexity index is 872. The molecule has 1 amide bonds. The molecule has 1 aromatic carbocycles. The van der Waals surface area contributed by atoms with Crippen LogP contribution in [0.2, 0.25) is 0 Å². The normalized spacial score (nSPS) is 15.3. The van der Waals surface area contributed by atoms with Crippen LogP contribution in [-0.4, -0.2) is 69.6 Å². The van der Waals surface area contributed by atoms with Crippen molar-refractivity contribution in [2.75, 3.05) is 39.3 Å². The lowest BCUT2D eigenvalue weighted by molar-refractivity contribution is 0.0622. The molecule has 1 fully saturated rings. The van der Waals surface area contributed by atoms with Gasteiger partial charge in [-0.3, -0.25) is 9.69 Å². The van der Waals surface area contributed by atoms with Gasteiger partial charge in [0, 0.05) is 45.1 Å². The standard InChI is InChI=1S/C19H21N5O2/c25-19(17-15-21-24-8-4-7-20-18(17)24)23-11-9-22(10-12-23)13-14-26-16-5-2-1-3-6-16/h1-8,15H,9-14H2. The number of para-hydroxylation sites is 1. The number of piperazine rings is 1. The summed E-state index contributed by atoms with van der Waals surface area (Å²) >= 11 is 0. The van der Waals surface area contributed by atoms with Crippen molar-refractivity contribution in [1.29, 1.82) is 0 Å². The summed E-state index contributed by atoms with van der Waals surface area (Å²) in [6.07, 6.45) is 5.08. The highest BCUT2D eigenvalue weighted by Gasteiger charge is 2.24. The summed E-state index contributed by atoms with van der Waals surface area (Å²) in [5.41, 5.74) is 1.17. The molecule has 3 heterocycles. The zero-order chi connectivity index (χ0) is 17.8. The number of hydrogen-bond donors (Lipinski definition) is 0. The molecule has 1 saturated heterocycles. The van der Waals surface area contributed by atoms with Crippen LogP contribution in [0.25, 0.3) is 5.65 Å². The number of carbonyl (C=O) groups excluding carboxylic acids is 1. The Hall–Kier alpha value is -2.93. The van der Waals surface area contributed by atoms with Gasteiger partial charge in [0.25, 0.3) is 5.91 Å². The van der Waals surface area contributed by atoms with Crippen LogP contribution in [0.15, 0.2) is 55.0 Å². The van der Waals surface area contributed by atoms with E-state index in [9.17, 15) is 4.79 Å². The second kappa shape index (κ2) is 7.53. The maximum Gasteiger partial charge on any atom is 0.259 e. The number of benzene rings is 1. The maximum atomic E-state index is 12.8. The van der Waals surface area contributed by atoms with Crippen molar-refractivity contribution >= 4 is 11.6 Å². The second-order valence-electron chi connectivity index (χ2n) is 6.24. The smallest absolute Gasteiger partial charge is 0.259 e. The molecule has 7 heteroatoms. The number of carbonyl (C=O) groups is 1. The van der Waals surface area contributed by atoms with Crippen LogP contribution in [0.4, 0.5) is 0 Å². The highest BCUT2D eigenvalue weighted by molar-refractivity contribution is 5.99. The van der Waals surface area contributed by atoms with Crippen molar-refractivity contribution in [3.05, 3.63) is 60.6 Å². The van der Waals surface area contributed by atoms with E-state index in [-0.39, 0.29) is 5.91 Å². The lowest BCUT2D eigenvalue weighted by atomic mass is 10.2. The Kier molecular flexibility index (Phi) is 4.79. The zero-order valence-electron chi connectivity index (χ0n) is 14.5. The number of nitrogens with zero attached hydrogens (tertiary/aromatic N) is 5. The van der Waals surface area contributed by atoms with Gasteiger partial charge in [-0.1, -0.05) is 18.2 Å². The first-order chi connectivity index (χ1) is 12.8. The molecular weight excluding hydrogens is 330 g/mol. The molecule has 0 unspecified atom stereocenters. The van der Waals surface area contributed by atoms with E-state index in [4.69, 9.17) is 4.74 Å². The third kappa shape index (κ3) is 3.52. The minimum atomic E-state index is -0.00103. The summed E-state index contributed by atoms with van der Waals surface area (Å²) in [4.78, 5) is 21.2. The van der Waals surface area contributed by atoms with Crippen LogP contribution < -0.4 is 4.74 Å². The molecule has 0 radical (unpaired) electrons. The topological polar surface area (TPSA) is 63.0 Å². The summed E-state index contributed by atoms with van der Waals surface area (Å²) in [6, 6.07) is 11.6. The molecule has 1 aliphatic heterocycles. The fourth-order valence-electron chi connectivity index (χ4n) is 3.13. The molecule has 1 aliphatic rings. The Morgan fingerprint density at radius 2 is 1.88 bits per heavy atom. The Labute approximate surface area is 151 Å². The summed E-state index contributed by atoms with van der Waals surface area (Å²) in [5.74, 6) is 0.890. The third-order valence-electron chi connectivity index (χ3n) is 4.59. The molecule has 0 atom stereocenters. The van der Waals surface area contributed by atoms with Crippen molar-refractivity contribution in [3.8, 4) is 5.75 Å². The molecule has 0 saturated carbocycles. The van der Waals surface area contributed by atoms with Crippen LogP contribution in [0, 0.1) is 0 Å². The molecule has 0 aliphatic carbocycles. The van der Waals surface area contributed by atoms with E-state index in [0.717, 1.165) is 25.4 Å². The van der Waals surface area contributed by atoms with Gasteiger partial charge in [0.15, 0.2) is 5.65 Å². The molecule has 2 aromatic heterocycles. The SMILES string of the molecule is O=C(c1cnn2cccnc12)N1CCN(CCOc2ccccc2)CC1. The van der Waals surface area contributed by atoms with E-state index < -0.39 is 0 Å². The second-order valence-corrected chi connectivity index (χ2v) is 6.24. The first-order valence-corrected chi connectivity index (χ1v) is 8.79. The Morgan fingerprint density at radius 1 is 1.08 bits per heavy atom. The van der Waals surface area contributed by atoms with Gasteiger partial charge >= 0.3 is 0 Å². The molecule has 0 N–H and O–H groups in total. The Morgan fingerprint density at radius 3 is 2.69 bits per heavy atom. The number of hydrogen-bond acceptors (Lipinski definition) is 5. The number of rotatable bonds is 5. The van der Waals surface area contributed by atoms with Crippen LogP contribution in [0.5, 0.6) is 5.75 Å². The summed E-state index contributed by atoms with van der Waals surface area (Å²) in [7, 11) is 0. The predicted molar refractivity (Wildman–Crippen MR) is 97.3 cm³/mol. The molecule has 4 rings (SSSR count). The lowest BCUT2D eigenvalue weighted by Crippen LogP contribution is -2.49. The highest BCUT2D eigenvalue weighted by atomic mass is 16.5. The van der Waals surface area contributed by atoms with Gasteiger partial charge in [-0.05, 0) is 18.2 Å². The Balaban J connectivity index is 1.28. The molecule has 7 nitrogen and oxygen atoms in total. The van der Waals surface area contributed by atoms with Crippen molar-refractivity contribution in [1.82, 2.24) is 24.4 Å². The van der Waals surface area contributed by atoms with Crippen molar-refractivity contribution in [2.45, 2.75) is 0 Å². The molecule has 26 heavy (non-hydrogen) atoms. The van der Waals surface area contributed by atoms with Gasteiger partial charge in [-0.2, -0.15) is 5.10 Å². The van der Waals surface area contributed by atoms with Crippen molar-refractivity contribution in [3.63, 3.8) is 0 Å². The predicted octanol–water partition coefficient (Wildman–Crippen LogP) is 1.57. The van der Waals surface area contributed by atoms with Gasteiger partial charge < -0.3 is 9.64 Å². The fourth-order valence-corrected chi connectivity index (χ4v) is 3.13. The van der Waals surface area contributed by atoms with Gasteiger partial charge in [0.2, 0.25) is 0 Å². The molecule has 0 bridgehead atoms. The van der Waals surface area contributed by atoms with E-state index >= 15 is 0 Å². The van der Waals surface area contributed by atoms with Gasteiger partial charge in [0.1, 0.15) is 17.9 Å². The first-order valence-electron chi connectivity index (χ1n) is 8.79. The molecule has 3 aromatic rings. The third-order valence-corrected chi connectivity index (χ3v) is 4.59. The average molecular weight is 351 g/mol. The van der Waals surface area contributed by atoms with Crippen molar-refractivity contribution in [2.24, 2.45) is 0 Å². The summed E-state index contributed by atoms with van der Waals surface area (Å²) < 4.78 is 7.38. The largest absolute Gasteiger partial charge is 0.492 e. The van der Waals surface area contributed by atoms with Crippen molar-refractivity contribution < 1.29 is 9.53 Å². The van der Waals surface area contributed by atoms with E-state index in [0.29, 0.717) is 30.9 Å². The fraction of sp³-hybridized carbons (Fsp3) is 0.316. The number of amides is 1. The van der Waals surface area contributed by atoms with Gasteiger partial charge in [-0.15, -0.1) is 0 Å². The minimum Gasteiger partial charge on any atom is -0.492 e. The van der Waals surface area contributed by atoms with Gasteiger partial charge in [0.05, 0.1) is 6.20 Å². The quantitative estimate of drug-likeness (QED) is 0.698. The van der Waals surface area contributed by atoms with Crippen LogP contribution in [0.3, 0.4) is 0 Å². The summed E-state index contributed by atoms with van der Waals surface area (Å²) in [5, 5.41) is 4.20. The van der Waals surface area contributed by atoms with Gasteiger partial charge in [-0.25, -0.2) is 9.50 Å². The first kappa shape index (κ1) is 16.5. The lowest BCUT2D eigenvalue weighted by Gasteiger charge is -2.34. The zero-order valence-corrected chi connectivity index (χ0v) is 14.5. The van der Waals surface area contributed by atoms with Crippen LogP contribution in [-0.2, 0) is 0 Å². The number of fused-ring (bicyclic) bond motifs is 1. The van der Waals surface area contributed by atoms with E-state index in [2.05, 4.69) is 15.0 Å². The minimum absolute atomic E-state index is 0.00103. The van der Waals surface area contributed by atoms with E-state index in [1.807, 2.05) is 35.2 Å². The van der Waals surface area contributed by atoms with E-state index in [1.54, 1.807) is 29.2 Å². The maximum absolute atomic E-state index is 12.8. The monoisotopic (exact) mass is 351 g/mol. The number of aromatic nitrogens is 3. The van der Waals surface area contributed by atoms with Crippen LogP contribution >= 0.6 is 0 Å². The summed E-state index contributed by atoms with van der Waals surface area (Å²) in [6.45, 7) is 4.60. The molecular formula is C19H21N5O2. The highest BCUT2D eigenvalue weighted by Crippen LogP contribution is 2.13. The van der Waals surface area contributed by atoms with Crippen LogP contribution in [0.1, 0.15) is 10.4 Å². The molecule has 134 valence electrons. The average Bonchev–Trinajstić information content (AvgIpc) is 3.13. The van der Waals surface area contributed by atoms with E-state index in [1.165, 1.54) is 0 Å². The molecule has 0 spiro atoms.